The second-order valence-electron chi connectivity index (χ2n) is 5.93. The Morgan fingerprint density at radius 1 is 1.04 bits per heavy atom. The van der Waals surface area contributed by atoms with Crippen LogP contribution in [0.4, 0.5) is 5.69 Å². The minimum atomic E-state index is 0. The van der Waals surface area contributed by atoms with Gasteiger partial charge >= 0.3 is 0 Å². The average Bonchev–Trinajstić information content (AvgIpc) is 2.58. The molecule has 25 heavy (non-hydrogen) atoms. The summed E-state index contributed by atoms with van der Waals surface area (Å²) >= 11 is 0. The molecule has 0 radical (unpaired) electrons. The van der Waals surface area contributed by atoms with Crippen molar-refractivity contribution in [1.82, 2.24) is 10.2 Å². The van der Waals surface area contributed by atoms with E-state index in [1.165, 1.54) is 11.1 Å². The number of nitrogens with zero attached hydrogens (tertiary/aromatic N) is 1. The van der Waals surface area contributed by atoms with Crippen molar-refractivity contribution in [2.24, 2.45) is 0 Å². The lowest BCUT2D eigenvalue weighted by molar-refractivity contribution is -0.120. The van der Waals surface area contributed by atoms with Crippen LogP contribution >= 0.6 is 12.4 Å². The maximum Gasteiger partial charge on any atom is 0.224 e. The Kier molecular flexibility index (Phi) is 9.03. The molecule has 0 aromatic heterocycles. The topological polar surface area (TPSA) is 58.4 Å². The molecule has 0 atom stereocenters. The van der Waals surface area contributed by atoms with Crippen LogP contribution in [0.5, 0.6) is 0 Å². The molecule has 0 saturated heterocycles. The Morgan fingerprint density at radius 2 is 1.72 bits per heavy atom. The highest BCUT2D eigenvalue weighted by atomic mass is 35.5. The van der Waals surface area contributed by atoms with Gasteiger partial charge in [0, 0.05) is 18.8 Å². The number of halogens is 1. The zero-order chi connectivity index (χ0) is 17.4. The SMILES string of the molecule is CCN(CC)Cc1ccccc1CNC(=O)Cc1cccc(N)c1.Cl. The van der Waals surface area contributed by atoms with Gasteiger partial charge in [-0.15, -0.1) is 12.4 Å². The molecule has 0 unspecified atom stereocenters. The predicted molar refractivity (Wildman–Crippen MR) is 107 cm³/mol. The zero-order valence-electron chi connectivity index (χ0n) is 15.0. The fourth-order valence-electron chi connectivity index (χ4n) is 2.72. The highest BCUT2D eigenvalue weighted by Gasteiger charge is 2.08. The number of anilines is 1. The first kappa shape index (κ1) is 21.0. The number of hydrogen-bond acceptors (Lipinski definition) is 3. The van der Waals surface area contributed by atoms with Crippen LogP contribution in [0.15, 0.2) is 48.5 Å². The van der Waals surface area contributed by atoms with Gasteiger partial charge in [-0.3, -0.25) is 9.69 Å². The summed E-state index contributed by atoms with van der Waals surface area (Å²) in [6.45, 7) is 7.84. The molecule has 0 bridgehead atoms. The Morgan fingerprint density at radius 3 is 2.36 bits per heavy atom. The van der Waals surface area contributed by atoms with Gasteiger partial charge in [-0.2, -0.15) is 0 Å². The van der Waals surface area contributed by atoms with E-state index in [2.05, 4.69) is 42.3 Å². The number of amides is 1. The molecule has 0 fully saturated rings. The molecule has 136 valence electrons. The summed E-state index contributed by atoms with van der Waals surface area (Å²) in [5, 5.41) is 3.02. The smallest absolute Gasteiger partial charge is 0.224 e. The summed E-state index contributed by atoms with van der Waals surface area (Å²) in [4.78, 5) is 14.5. The standard InChI is InChI=1S/C20H27N3O.ClH/c1-3-23(4-2)15-18-10-6-5-9-17(18)14-22-20(24)13-16-8-7-11-19(21)12-16;/h5-12H,3-4,13-15,21H2,1-2H3,(H,22,24);1H. The Labute approximate surface area is 156 Å². The molecule has 5 heteroatoms. The van der Waals surface area contributed by atoms with E-state index in [1.807, 2.05) is 30.3 Å². The van der Waals surface area contributed by atoms with E-state index in [0.29, 0.717) is 18.7 Å². The van der Waals surface area contributed by atoms with Crippen molar-refractivity contribution in [3.8, 4) is 0 Å². The first-order valence-electron chi connectivity index (χ1n) is 8.52. The quantitative estimate of drug-likeness (QED) is 0.708. The van der Waals surface area contributed by atoms with Crippen molar-refractivity contribution in [3.05, 3.63) is 65.2 Å². The van der Waals surface area contributed by atoms with Crippen LogP contribution in [-0.4, -0.2) is 23.9 Å². The minimum Gasteiger partial charge on any atom is -0.399 e. The van der Waals surface area contributed by atoms with E-state index in [4.69, 9.17) is 5.73 Å². The van der Waals surface area contributed by atoms with E-state index in [-0.39, 0.29) is 18.3 Å². The number of nitrogens with two attached hydrogens (primary N) is 1. The molecule has 3 N–H and O–H groups in total. The zero-order valence-corrected chi connectivity index (χ0v) is 15.8. The fraction of sp³-hybridized carbons (Fsp3) is 0.350. The monoisotopic (exact) mass is 361 g/mol. The average molecular weight is 362 g/mol. The molecule has 1 amide bonds. The molecule has 0 aliphatic carbocycles. The van der Waals surface area contributed by atoms with Crippen molar-refractivity contribution in [2.75, 3.05) is 18.8 Å². The van der Waals surface area contributed by atoms with E-state index in [1.54, 1.807) is 0 Å². The largest absolute Gasteiger partial charge is 0.399 e. The molecule has 2 rings (SSSR count). The van der Waals surface area contributed by atoms with Gasteiger partial charge in [-0.05, 0) is 41.9 Å². The van der Waals surface area contributed by atoms with Crippen LogP contribution in [0.3, 0.4) is 0 Å². The Bertz CT molecular complexity index is 671. The summed E-state index contributed by atoms with van der Waals surface area (Å²) in [5.41, 5.74) is 9.82. The molecular weight excluding hydrogens is 334 g/mol. The van der Waals surface area contributed by atoms with Crippen LogP contribution in [0, 0.1) is 0 Å². The molecule has 2 aromatic carbocycles. The van der Waals surface area contributed by atoms with Gasteiger partial charge < -0.3 is 11.1 Å². The van der Waals surface area contributed by atoms with Gasteiger partial charge in [0.25, 0.3) is 0 Å². The van der Waals surface area contributed by atoms with Crippen molar-refractivity contribution >= 4 is 24.0 Å². The van der Waals surface area contributed by atoms with Gasteiger partial charge in [-0.1, -0.05) is 50.2 Å². The number of hydrogen-bond donors (Lipinski definition) is 2. The third kappa shape index (κ3) is 6.77. The number of carbonyl (C=O) groups excluding carboxylic acids is 1. The highest BCUT2D eigenvalue weighted by Crippen LogP contribution is 2.12. The van der Waals surface area contributed by atoms with Crippen molar-refractivity contribution in [3.63, 3.8) is 0 Å². The number of nitrogens with one attached hydrogen (secondary N) is 1. The summed E-state index contributed by atoms with van der Waals surface area (Å²) in [7, 11) is 0. The third-order valence-corrected chi connectivity index (χ3v) is 4.20. The van der Waals surface area contributed by atoms with Gasteiger partial charge in [0.2, 0.25) is 5.91 Å². The van der Waals surface area contributed by atoms with E-state index in [0.717, 1.165) is 25.2 Å². The maximum atomic E-state index is 12.2. The molecule has 0 aliphatic rings. The van der Waals surface area contributed by atoms with Crippen molar-refractivity contribution in [1.29, 1.82) is 0 Å². The van der Waals surface area contributed by atoms with E-state index < -0.39 is 0 Å². The van der Waals surface area contributed by atoms with Gasteiger partial charge in [0.15, 0.2) is 0 Å². The summed E-state index contributed by atoms with van der Waals surface area (Å²) in [6.07, 6.45) is 0.350. The fourth-order valence-corrected chi connectivity index (χ4v) is 2.72. The number of nitrogen functional groups attached to an aromatic ring is 1. The van der Waals surface area contributed by atoms with Crippen LogP contribution in [0.1, 0.15) is 30.5 Å². The molecule has 0 saturated carbocycles. The molecule has 0 aliphatic heterocycles. The lowest BCUT2D eigenvalue weighted by Crippen LogP contribution is -2.27. The third-order valence-electron chi connectivity index (χ3n) is 4.20. The maximum absolute atomic E-state index is 12.2. The van der Waals surface area contributed by atoms with Crippen molar-refractivity contribution < 1.29 is 4.79 Å². The molecule has 2 aromatic rings. The lowest BCUT2D eigenvalue weighted by Gasteiger charge is -2.20. The molecule has 0 heterocycles. The van der Waals surface area contributed by atoms with Crippen molar-refractivity contribution in [2.45, 2.75) is 33.4 Å². The Balaban J connectivity index is 0.00000312. The van der Waals surface area contributed by atoms with Crippen LogP contribution in [0.2, 0.25) is 0 Å². The molecule has 4 nitrogen and oxygen atoms in total. The number of carbonyl (C=O) groups is 1. The molecule has 0 spiro atoms. The van der Waals surface area contributed by atoms with Gasteiger partial charge in [-0.25, -0.2) is 0 Å². The second-order valence-corrected chi connectivity index (χ2v) is 5.93. The van der Waals surface area contributed by atoms with Gasteiger partial charge in [0.05, 0.1) is 6.42 Å². The Hall–Kier alpha value is -2.04. The first-order valence-corrected chi connectivity index (χ1v) is 8.52. The van der Waals surface area contributed by atoms with Gasteiger partial charge in [0.1, 0.15) is 0 Å². The normalized spacial score (nSPS) is 10.4. The molecular formula is C20H28ClN3O. The summed E-state index contributed by atoms with van der Waals surface area (Å²) in [6, 6.07) is 15.7. The summed E-state index contributed by atoms with van der Waals surface area (Å²) < 4.78 is 0. The minimum absolute atomic E-state index is 0. The van der Waals surface area contributed by atoms with Crippen LogP contribution < -0.4 is 11.1 Å². The number of rotatable bonds is 8. The lowest BCUT2D eigenvalue weighted by atomic mass is 10.1. The predicted octanol–water partition coefficient (Wildman–Crippen LogP) is 3.39. The van der Waals surface area contributed by atoms with Crippen LogP contribution in [0.25, 0.3) is 0 Å². The highest BCUT2D eigenvalue weighted by molar-refractivity contribution is 5.85. The second kappa shape index (κ2) is 10.7. The first-order chi connectivity index (χ1) is 11.6. The number of benzene rings is 2. The van der Waals surface area contributed by atoms with E-state index >= 15 is 0 Å². The summed E-state index contributed by atoms with van der Waals surface area (Å²) in [5.74, 6) is 0.0123. The van der Waals surface area contributed by atoms with E-state index in [9.17, 15) is 4.79 Å². The van der Waals surface area contributed by atoms with Crippen LogP contribution in [-0.2, 0) is 24.3 Å².